The number of carbonyl (C=O) groups is 1. The molecule has 0 unspecified atom stereocenters. The Labute approximate surface area is 144 Å². The molecule has 7 heteroatoms. The van der Waals surface area contributed by atoms with Crippen LogP contribution in [-0.2, 0) is 9.84 Å². The van der Waals surface area contributed by atoms with E-state index in [-0.39, 0.29) is 22.3 Å². The second kappa shape index (κ2) is 6.25. The number of aromatic amines is 1. The lowest BCUT2D eigenvalue weighted by molar-refractivity contribution is 0.100. The van der Waals surface area contributed by atoms with Crippen molar-refractivity contribution < 1.29 is 17.6 Å². The van der Waals surface area contributed by atoms with Crippen LogP contribution in [0.2, 0.25) is 0 Å². The zero-order chi connectivity index (χ0) is 18.2. The van der Waals surface area contributed by atoms with E-state index in [1.807, 2.05) is 0 Å². The third-order valence-electron chi connectivity index (χ3n) is 3.73. The molecule has 0 amide bonds. The molecule has 0 fully saturated rings. The first kappa shape index (κ1) is 17.0. The van der Waals surface area contributed by atoms with E-state index >= 15 is 0 Å². The van der Waals surface area contributed by atoms with Gasteiger partial charge in [0, 0.05) is 24.3 Å². The summed E-state index contributed by atoms with van der Waals surface area (Å²) in [5, 5.41) is 0. The number of H-pyrrole nitrogens is 1. The number of aromatic nitrogens is 2. The lowest BCUT2D eigenvalue weighted by Gasteiger charge is -2.05. The average molecular weight is 358 g/mol. The Kier molecular flexibility index (Phi) is 4.26. The van der Waals surface area contributed by atoms with Crippen molar-refractivity contribution in [1.82, 2.24) is 9.97 Å². The Morgan fingerprint density at radius 1 is 1.00 bits per heavy atom. The van der Waals surface area contributed by atoms with Crippen LogP contribution < -0.4 is 0 Å². The molecule has 128 valence electrons. The molecule has 0 saturated heterocycles. The van der Waals surface area contributed by atoms with Crippen LogP contribution in [0.15, 0.2) is 53.4 Å². The molecule has 3 rings (SSSR count). The van der Waals surface area contributed by atoms with Crippen LogP contribution in [0, 0.1) is 5.82 Å². The summed E-state index contributed by atoms with van der Waals surface area (Å²) in [4.78, 5) is 19.2. The fraction of sp³-hybridized carbons (Fsp3) is 0.111. The Morgan fingerprint density at radius 2 is 1.56 bits per heavy atom. The van der Waals surface area contributed by atoms with Crippen molar-refractivity contribution in [2.75, 3.05) is 6.26 Å². The molecule has 2 aromatic carbocycles. The molecule has 3 aromatic rings. The monoisotopic (exact) mass is 358 g/mol. The van der Waals surface area contributed by atoms with Crippen LogP contribution in [0.3, 0.4) is 0 Å². The molecule has 1 N–H and O–H groups in total. The third-order valence-corrected chi connectivity index (χ3v) is 4.85. The van der Waals surface area contributed by atoms with Crippen LogP contribution in [0.1, 0.15) is 17.5 Å². The quantitative estimate of drug-likeness (QED) is 0.724. The van der Waals surface area contributed by atoms with Gasteiger partial charge in [0.15, 0.2) is 21.4 Å². The van der Waals surface area contributed by atoms with Crippen molar-refractivity contribution in [3.05, 3.63) is 60.2 Å². The number of carbonyl (C=O) groups excluding carboxylic acids is 1. The summed E-state index contributed by atoms with van der Waals surface area (Å²) in [5.74, 6) is -0.422. The van der Waals surface area contributed by atoms with Crippen LogP contribution in [0.5, 0.6) is 0 Å². The smallest absolute Gasteiger partial charge is 0.195 e. The molecular weight excluding hydrogens is 343 g/mol. The number of hydrogen-bond acceptors (Lipinski definition) is 4. The summed E-state index contributed by atoms with van der Waals surface area (Å²) in [6.07, 6.45) is 1.13. The summed E-state index contributed by atoms with van der Waals surface area (Å²) < 4.78 is 36.4. The normalized spacial score (nSPS) is 11.5. The maximum absolute atomic E-state index is 13.2. The van der Waals surface area contributed by atoms with Crippen LogP contribution >= 0.6 is 0 Å². The molecular formula is C18H15FN2O3S. The molecule has 0 aliphatic rings. The number of halogens is 1. The van der Waals surface area contributed by atoms with Crippen molar-refractivity contribution >= 4 is 15.6 Å². The summed E-state index contributed by atoms with van der Waals surface area (Å²) in [5.41, 5.74) is 2.38. The van der Waals surface area contributed by atoms with E-state index in [0.29, 0.717) is 22.5 Å². The lowest BCUT2D eigenvalue weighted by atomic mass is 10.1. The highest BCUT2D eigenvalue weighted by Crippen LogP contribution is 2.31. The zero-order valence-corrected chi connectivity index (χ0v) is 14.4. The van der Waals surface area contributed by atoms with E-state index in [2.05, 4.69) is 9.97 Å². The Bertz CT molecular complexity index is 1040. The molecule has 5 nitrogen and oxygen atoms in total. The fourth-order valence-electron chi connectivity index (χ4n) is 2.43. The number of ketones is 1. The van der Waals surface area contributed by atoms with Gasteiger partial charge in [0.25, 0.3) is 0 Å². The molecule has 1 heterocycles. The molecule has 0 radical (unpaired) electrons. The molecule has 0 spiro atoms. The second-order valence-corrected chi connectivity index (χ2v) is 7.68. The van der Waals surface area contributed by atoms with Gasteiger partial charge in [-0.3, -0.25) is 4.79 Å². The zero-order valence-electron chi connectivity index (χ0n) is 13.6. The minimum Gasteiger partial charge on any atom is -0.335 e. The van der Waals surface area contributed by atoms with E-state index in [1.54, 1.807) is 24.3 Å². The first-order valence-electron chi connectivity index (χ1n) is 7.43. The van der Waals surface area contributed by atoms with Crippen LogP contribution in [0.25, 0.3) is 22.5 Å². The number of sulfone groups is 1. The van der Waals surface area contributed by atoms with Crippen molar-refractivity contribution in [3.63, 3.8) is 0 Å². The Balaban J connectivity index is 2.14. The summed E-state index contributed by atoms with van der Waals surface area (Å²) >= 11 is 0. The fourth-order valence-corrected chi connectivity index (χ4v) is 3.06. The van der Waals surface area contributed by atoms with Gasteiger partial charge in [-0.15, -0.1) is 0 Å². The van der Waals surface area contributed by atoms with Gasteiger partial charge in [-0.1, -0.05) is 12.1 Å². The van der Waals surface area contributed by atoms with Crippen molar-refractivity contribution in [2.24, 2.45) is 0 Å². The number of nitrogens with zero attached hydrogens (tertiary/aromatic N) is 1. The SMILES string of the molecule is CC(=O)c1nc(-c2ccc(F)cc2)c(-c2ccc(S(C)(=O)=O)cc2)[nH]1. The van der Waals surface area contributed by atoms with Crippen LogP contribution in [0.4, 0.5) is 4.39 Å². The first-order chi connectivity index (χ1) is 11.8. The minimum absolute atomic E-state index is 0.182. The molecule has 0 aliphatic heterocycles. The van der Waals surface area contributed by atoms with E-state index in [1.165, 1.54) is 31.2 Å². The van der Waals surface area contributed by atoms with Gasteiger partial charge in [0.2, 0.25) is 0 Å². The van der Waals surface area contributed by atoms with Gasteiger partial charge >= 0.3 is 0 Å². The highest BCUT2D eigenvalue weighted by molar-refractivity contribution is 7.90. The summed E-state index contributed by atoms with van der Waals surface area (Å²) in [6, 6.07) is 12.0. The van der Waals surface area contributed by atoms with Gasteiger partial charge in [0.1, 0.15) is 5.82 Å². The number of rotatable bonds is 4. The number of imidazole rings is 1. The molecule has 25 heavy (non-hydrogen) atoms. The first-order valence-corrected chi connectivity index (χ1v) is 9.32. The average Bonchev–Trinajstić information content (AvgIpc) is 3.00. The maximum atomic E-state index is 13.2. The van der Waals surface area contributed by atoms with Gasteiger partial charge in [-0.05, 0) is 36.4 Å². The molecule has 0 saturated carbocycles. The topological polar surface area (TPSA) is 79.9 Å². The number of hydrogen-bond donors (Lipinski definition) is 1. The van der Waals surface area contributed by atoms with E-state index in [4.69, 9.17) is 0 Å². The predicted octanol–water partition coefficient (Wildman–Crippen LogP) is 3.49. The highest BCUT2D eigenvalue weighted by atomic mass is 32.2. The number of Topliss-reactive ketones (excluding diaryl/α,β-unsaturated/α-hetero) is 1. The third kappa shape index (κ3) is 3.51. The maximum Gasteiger partial charge on any atom is 0.195 e. The van der Waals surface area contributed by atoms with Crippen molar-refractivity contribution in [2.45, 2.75) is 11.8 Å². The standard InChI is InChI=1S/C18H15FN2O3S/c1-11(22)18-20-16(12-3-7-14(19)8-4-12)17(21-18)13-5-9-15(10-6-13)25(2,23)24/h3-10H,1-2H3,(H,20,21). The number of nitrogens with one attached hydrogen (secondary N) is 1. The molecule has 0 aliphatic carbocycles. The summed E-state index contributed by atoms with van der Waals surface area (Å²) in [7, 11) is -3.30. The molecule has 0 atom stereocenters. The predicted molar refractivity (Wildman–Crippen MR) is 92.5 cm³/mol. The van der Waals surface area contributed by atoms with Crippen molar-refractivity contribution in [3.8, 4) is 22.5 Å². The highest BCUT2D eigenvalue weighted by Gasteiger charge is 2.17. The summed E-state index contributed by atoms with van der Waals surface area (Å²) in [6.45, 7) is 1.39. The molecule has 0 bridgehead atoms. The Morgan fingerprint density at radius 3 is 2.08 bits per heavy atom. The minimum atomic E-state index is -3.30. The van der Waals surface area contributed by atoms with Gasteiger partial charge in [-0.2, -0.15) is 0 Å². The van der Waals surface area contributed by atoms with Gasteiger partial charge < -0.3 is 4.98 Å². The van der Waals surface area contributed by atoms with Gasteiger partial charge in [0.05, 0.1) is 16.3 Å². The van der Waals surface area contributed by atoms with E-state index < -0.39 is 9.84 Å². The lowest BCUT2D eigenvalue weighted by Crippen LogP contribution is -1.96. The largest absolute Gasteiger partial charge is 0.335 e. The Hall–Kier alpha value is -2.80. The van der Waals surface area contributed by atoms with Gasteiger partial charge in [-0.25, -0.2) is 17.8 Å². The van der Waals surface area contributed by atoms with E-state index in [0.717, 1.165) is 6.26 Å². The molecule has 1 aromatic heterocycles. The second-order valence-electron chi connectivity index (χ2n) is 5.67. The van der Waals surface area contributed by atoms with Crippen molar-refractivity contribution in [1.29, 1.82) is 0 Å². The van der Waals surface area contributed by atoms with Crippen LogP contribution in [-0.4, -0.2) is 30.4 Å². The van der Waals surface area contributed by atoms with E-state index in [9.17, 15) is 17.6 Å². The number of benzene rings is 2.